The number of ether oxygens (including phenoxy) is 1. The molecule has 0 bridgehead atoms. The van der Waals surface area contributed by atoms with Gasteiger partial charge in [-0.1, -0.05) is 11.6 Å². The molecule has 9 heteroatoms. The van der Waals surface area contributed by atoms with Gasteiger partial charge in [-0.3, -0.25) is 4.68 Å². The molecule has 2 aromatic heterocycles. The van der Waals surface area contributed by atoms with Crippen molar-refractivity contribution in [1.82, 2.24) is 14.3 Å². The minimum atomic E-state index is -3.74. The van der Waals surface area contributed by atoms with E-state index in [0.29, 0.717) is 27.8 Å². The molecule has 7 nitrogen and oxygen atoms in total. The lowest BCUT2D eigenvalue weighted by Gasteiger charge is -2.09. The van der Waals surface area contributed by atoms with Gasteiger partial charge in [-0.15, -0.1) is 0 Å². The molecule has 3 rings (SSSR count). The molecule has 0 saturated carbocycles. The second-order valence-electron chi connectivity index (χ2n) is 5.57. The van der Waals surface area contributed by atoms with Crippen LogP contribution in [0.15, 0.2) is 29.8 Å². The Morgan fingerprint density at radius 2 is 2.08 bits per heavy atom. The standard InChI is InChI=1S/C16H17ClN4O3S/c1-10-12(5-7-25(18,22)23)16(20(2)19-10)21-6-4-11-8-13(17)15(24-3)9-14(11)21/h4-9H,1-3H3,(H2,18,22,23). The van der Waals surface area contributed by atoms with E-state index in [4.69, 9.17) is 21.5 Å². The van der Waals surface area contributed by atoms with Crippen molar-refractivity contribution < 1.29 is 13.2 Å². The lowest BCUT2D eigenvalue weighted by molar-refractivity contribution is 0.415. The molecule has 0 aliphatic carbocycles. The minimum Gasteiger partial charge on any atom is -0.495 e. The maximum Gasteiger partial charge on any atom is 0.231 e. The highest BCUT2D eigenvalue weighted by atomic mass is 35.5. The number of aromatic nitrogens is 3. The summed E-state index contributed by atoms with van der Waals surface area (Å²) in [6.45, 7) is 1.80. The van der Waals surface area contributed by atoms with Crippen LogP contribution < -0.4 is 9.88 Å². The Kier molecular flexibility index (Phi) is 4.36. The zero-order valence-electron chi connectivity index (χ0n) is 13.9. The fraction of sp³-hybridized carbons (Fsp3) is 0.188. The Labute approximate surface area is 150 Å². The first-order valence-electron chi connectivity index (χ1n) is 7.30. The topological polar surface area (TPSA) is 92.1 Å². The summed E-state index contributed by atoms with van der Waals surface area (Å²) >= 11 is 6.18. The molecule has 0 radical (unpaired) electrons. The minimum absolute atomic E-state index is 0.517. The van der Waals surface area contributed by atoms with E-state index in [-0.39, 0.29) is 0 Å². The molecule has 2 heterocycles. The largest absolute Gasteiger partial charge is 0.495 e. The number of aryl methyl sites for hydroxylation is 2. The normalized spacial score (nSPS) is 12.4. The fourth-order valence-corrected chi connectivity index (χ4v) is 3.36. The van der Waals surface area contributed by atoms with E-state index in [1.807, 2.05) is 29.0 Å². The number of halogens is 1. The first-order chi connectivity index (χ1) is 11.7. The number of sulfonamides is 1. The van der Waals surface area contributed by atoms with Crippen LogP contribution in [0.1, 0.15) is 11.3 Å². The molecule has 0 fully saturated rings. The molecule has 0 unspecified atom stereocenters. The van der Waals surface area contributed by atoms with Crippen LogP contribution in [0.3, 0.4) is 0 Å². The quantitative estimate of drug-likeness (QED) is 0.752. The van der Waals surface area contributed by atoms with Crippen molar-refractivity contribution in [3.8, 4) is 11.6 Å². The van der Waals surface area contributed by atoms with Gasteiger partial charge in [-0.25, -0.2) is 13.6 Å². The molecule has 0 saturated heterocycles. The van der Waals surface area contributed by atoms with Gasteiger partial charge >= 0.3 is 0 Å². The average Bonchev–Trinajstić information content (AvgIpc) is 3.03. The van der Waals surface area contributed by atoms with Gasteiger partial charge in [-0.2, -0.15) is 5.10 Å². The number of nitrogens with two attached hydrogens (primary N) is 1. The van der Waals surface area contributed by atoms with Gasteiger partial charge < -0.3 is 9.30 Å². The molecule has 25 heavy (non-hydrogen) atoms. The zero-order chi connectivity index (χ0) is 18.4. The van der Waals surface area contributed by atoms with Crippen LogP contribution in [0.5, 0.6) is 5.75 Å². The summed E-state index contributed by atoms with van der Waals surface area (Å²) in [4.78, 5) is 0. The number of methoxy groups -OCH3 is 1. The van der Waals surface area contributed by atoms with Gasteiger partial charge in [0, 0.05) is 35.7 Å². The summed E-state index contributed by atoms with van der Waals surface area (Å²) in [5.74, 6) is 1.26. The van der Waals surface area contributed by atoms with Gasteiger partial charge in [0.05, 0.1) is 23.3 Å². The number of hydrogen-bond acceptors (Lipinski definition) is 4. The van der Waals surface area contributed by atoms with E-state index in [1.54, 1.807) is 25.8 Å². The molecule has 1 aromatic carbocycles. The van der Waals surface area contributed by atoms with Gasteiger partial charge in [0.2, 0.25) is 10.0 Å². The molecule has 0 aliphatic heterocycles. The van der Waals surface area contributed by atoms with Crippen LogP contribution >= 0.6 is 11.6 Å². The van der Waals surface area contributed by atoms with Crippen molar-refractivity contribution in [3.63, 3.8) is 0 Å². The predicted molar refractivity (Wildman–Crippen MR) is 98.5 cm³/mol. The molecule has 2 N–H and O–H groups in total. The van der Waals surface area contributed by atoms with Crippen LogP contribution in [0.2, 0.25) is 5.02 Å². The van der Waals surface area contributed by atoms with Gasteiger partial charge in [0.25, 0.3) is 0 Å². The third kappa shape index (κ3) is 3.28. The molecule has 3 aromatic rings. The highest BCUT2D eigenvalue weighted by Gasteiger charge is 2.16. The van der Waals surface area contributed by atoms with Crippen molar-refractivity contribution in [3.05, 3.63) is 46.1 Å². The van der Waals surface area contributed by atoms with Crippen LogP contribution in [-0.4, -0.2) is 29.9 Å². The maximum atomic E-state index is 11.3. The molecular weight excluding hydrogens is 364 g/mol. The van der Waals surface area contributed by atoms with Crippen LogP contribution in [-0.2, 0) is 17.1 Å². The number of fused-ring (bicyclic) bond motifs is 1. The first-order valence-corrected chi connectivity index (χ1v) is 9.29. The van der Waals surface area contributed by atoms with Crippen molar-refractivity contribution in [1.29, 1.82) is 0 Å². The lowest BCUT2D eigenvalue weighted by Crippen LogP contribution is -2.07. The second kappa shape index (κ2) is 6.21. The number of rotatable bonds is 4. The van der Waals surface area contributed by atoms with Crippen molar-refractivity contribution in [2.45, 2.75) is 6.92 Å². The monoisotopic (exact) mass is 380 g/mol. The predicted octanol–water partition coefficient (Wildman–Crippen LogP) is 2.59. The van der Waals surface area contributed by atoms with E-state index < -0.39 is 10.0 Å². The van der Waals surface area contributed by atoms with E-state index in [0.717, 1.165) is 16.3 Å². The smallest absolute Gasteiger partial charge is 0.231 e. The SMILES string of the molecule is COc1cc2c(ccn2-c2c(C=CS(N)(=O)=O)c(C)nn2C)cc1Cl. The van der Waals surface area contributed by atoms with Crippen molar-refractivity contribution in [2.24, 2.45) is 12.2 Å². The van der Waals surface area contributed by atoms with Crippen LogP contribution in [0, 0.1) is 6.92 Å². The number of hydrogen-bond donors (Lipinski definition) is 1. The molecular formula is C16H17ClN4O3S. The Balaban J connectivity index is 2.27. The van der Waals surface area contributed by atoms with Gasteiger partial charge in [-0.05, 0) is 25.1 Å². The molecule has 0 atom stereocenters. The van der Waals surface area contributed by atoms with E-state index in [9.17, 15) is 8.42 Å². The lowest BCUT2D eigenvalue weighted by atomic mass is 10.2. The van der Waals surface area contributed by atoms with E-state index in [1.165, 1.54) is 6.08 Å². The zero-order valence-corrected chi connectivity index (χ0v) is 15.5. The third-order valence-corrected chi connectivity index (χ3v) is 4.66. The Morgan fingerprint density at radius 1 is 1.36 bits per heavy atom. The highest BCUT2D eigenvalue weighted by Crippen LogP contribution is 2.33. The van der Waals surface area contributed by atoms with Crippen molar-refractivity contribution in [2.75, 3.05) is 7.11 Å². The number of benzene rings is 1. The Morgan fingerprint density at radius 3 is 2.72 bits per heavy atom. The number of primary sulfonamides is 1. The Bertz CT molecular complexity index is 1100. The highest BCUT2D eigenvalue weighted by molar-refractivity contribution is 7.92. The Hall–Kier alpha value is -2.29. The molecule has 0 aliphatic rings. The van der Waals surface area contributed by atoms with Crippen molar-refractivity contribution >= 4 is 38.6 Å². The summed E-state index contributed by atoms with van der Waals surface area (Å²) in [6, 6.07) is 5.55. The molecule has 0 amide bonds. The summed E-state index contributed by atoms with van der Waals surface area (Å²) < 4.78 is 31.4. The summed E-state index contributed by atoms with van der Waals surface area (Å²) in [6.07, 6.45) is 3.32. The summed E-state index contributed by atoms with van der Waals surface area (Å²) in [7, 11) is -0.401. The van der Waals surface area contributed by atoms with E-state index in [2.05, 4.69) is 5.10 Å². The average molecular weight is 381 g/mol. The van der Waals surface area contributed by atoms with E-state index >= 15 is 0 Å². The van der Waals surface area contributed by atoms with Gasteiger partial charge in [0.1, 0.15) is 11.6 Å². The fourth-order valence-electron chi connectivity index (χ4n) is 2.78. The van der Waals surface area contributed by atoms with Crippen LogP contribution in [0.25, 0.3) is 22.8 Å². The van der Waals surface area contributed by atoms with Crippen LogP contribution in [0.4, 0.5) is 0 Å². The molecule has 132 valence electrons. The number of nitrogens with zero attached hydrogens (tertiary/aromatic N) is 3. The second-order valence-corrected chi connectivity index (χ2v) is 7.43. The maximum absolute atomic E-state index is 11.3. The first kappa shape index (κ1) is 17.5. The molecule has 0 spiro atoms. The summed E-state index contributed by atoms with van der Waals surface area (Å²) in [5.41, 5.74) is 2.19. The van der Waals surface area contributed by atoms with Gasteiger partial charge in [0.15, 0.2) is 0 Å². The third-order valence-electron chi connectivity index (χ3n) is 3.85. The summed E-state index contributed by atoms with van der Waals surface area (Å²) in [5, 5.41) is 11.9.